The Hall–Kier alpha value is -0.780. The molecule has 0 aromatic heterocycles. The summed E-state index contributed by atoms with van der Waals surface area (Å²) in [5.74, 6) is 2.14. The van der Waals surface area contributed by atoms with Gasteiger partial charge in [-0.05, 0) is 0 Å². The van der Waals surface area contributed by atoms with E-state index in [1.807, 2.05) is 13.0 Å². The summed E-state index contributed by atoms with van der Waals surface area (Å²) in [6.45, 7) is 7.93. The van der Waals surface area contributed by atoms with Crippen molar-refractivity contribution in [1.82, 2.24) is 0 Å². The molecule has 0 aromatic carbocycles. The zero-order valence-corrected chi connectivity index (χ0v) is 6.30. The van der Waals surface area contributed by atoms with E-state index in [1.165, 1.54) is 11.0 Å². The van der Waals surface area contributed by atoms with Crippen molar-refractivity contribution in [3.63, 3.8) is 0 Å². The van der Waals surface area contributed by atoms with Crippen LogP contribution in [0.2, 0.25) is 0 Å². The molecule has 2 heteroatoms. The van der Waals surface area contributed by atoms with E-state index in [0.717, 1.165) is 7.17 Å². The van der Waals surface area contributed by atoms with Crippen LogP contribution in [0.4, 0.5) is 0 Å². The molecule has 0 atom stereocenters. The molecule has 0 aromatic rings. The van der Waals surface area contributed by atoms with Crippen LogP contribution in [-0.2, 0) is 0 Å². The summed E-state index contributed by atoms with van der Waals surface area (Å²) < 4.78 is 0. The van der Waals surface area contributed by atoms with Crippen molar-refractivity contribution >= 4 is 19.9 Å². The molecule has 0 bridgehead atoms. The van der Waals surface area contributed by atoms with Crippen LogP contribution in [0.3, 0.4) is 0 Å². The van der Waals surface area contributed by atoms with E-state index in [2.05, 4.69) is 31.5 Å². The molecule has 10 heavy (non-hydrogen) atoms. The van der Waals surface area contributed by atoms with Gasteiger partial charge in [-0.25, -0.2) is 0 Å². The molecular weight excluding hydrogens is 118 g/mol. The van der Waals surface area contributed by atoms with Crippen LogP contribution in [0.25, 0.3) is 0 Å². The molecule has 0 saturated carbocycles. The van der Waals surface area contributed by atoms with Gasteiger partial charge in [-0.2, -0.15) is 0 Å². The van der Waals surface area contributed by atoms with E-state index in [4.69, 9.17) is 0 Å². The molecule has 0 amide bonds. The quantitative estimate of drug-likeness (QED) is 0.484. The normalized spacial score (nSPS) is 15.7. The van der Waals surface area contributed by atoms with Gasteiger partial charge in [-0.1, -0.05) is 0 Å². The van der Waals surface area contributed by atoms with Gasteiger partial charge in [0.25, 0.3) is 0 Å². The minimum absolute atomic E-state index is 1.04. The van der Waals surface area contributed by atoms with Gasteiger partial charge in [0.15, 0.2) is 0 Å². The summed E-state index contributed by atoms with van der Waals surface area (Å²) in [6, 6.07) is 0. The topological polar surface area (TPSA) is 0 Å². The van der Waals surface area contributed by atoms with E-state index in [-0.39, 0.29) is 0 Å². The standard InChI is InChI=1S/C8H10B2/c1-3-5-7-6-9-10-8(7)4-2/h3-6,10H,2H2,1H3/b5-3-. The van der Waals surface area contributed by atoms with Crippen LogP contribution < -0.4 is 0 Å². The van der Waals surface area contributed by atoms with Gasteiger partial charge < -0.3 is 0 Å². The zero-order valence-electron chi connectivity index (χ0n) is 6.30. The molecule has 1 heterocycles. The molecular formula is C8H10B2. The Morgan fingerprint density at radius 2 is 2.50 bits per heavy atom. The fourth-order valence-corrected chi connectivity index (χ4v) is 1.08. The Labute approximate surface area is 63.5 Å². The SMILES string of the molecule is C=CC1=C(/C=C\C)C=BB1. The zero-order chi connectivity index (χ0) is 7.40. The fourth-order valence-electron chi connectivity index (χ4n) is 1.08. The Morgan fingerprint density at radius 1 is 1.70 bits per heavy atom. The van der Waals surface area contributed by atoms with Gasteiger partial charge in [0, 0.05) is 0 Å². The van der Waals surface area contributed by atoms with E-state index in [1.54, 1.807) is 0 Å². The first-order chi connectivity index (χ1) is 4.88. The molecule has 0 unspecified atom stereocenters. The number of hydrogen-bond acceptors (Lipinski definition) is 0. The van der Waals surface area contributed by atoms with Gasteiger partial charge in [0.2, 0.25) is 0 Å². The Balaban J connectivity index is 2.86. The molecule has 1 rings (SSSR count). The van der Waals surface area contributed by atoms with E-state index in [0.29, 0.717) is 0 Å². The maximum atomic E-state index is 3.74. The third-order valence-corrected chi connectivity index (χ3v) is 1.60. The van der Waals surface area contributed by atoms with Gasteiger partial charge >= 0.3 is 62.7 Å². The van der Waals surface area contributed by atoms with Crippen LogP contribution >= 0.6 is 0 Å². The van der Waals surface area contributed by atoms with Crippen molar-refractivity contribution in [2.45, 2.75) is 6.92 Å². The van der Waals surface area contributed by atoms with Crippen molar-refractivity contribution < 1.29 is 0 Å². The molecule has 0 N–H and O–H groups in total. The van der Waals surface area contributed by atoms with Gasteiger partial charge in [0.1, 0.15) is 0 Å². The van der Waals surface area contributed by atoms with Gasteiger partial charge in [-0.3, -0.25) is 0 Å². The molecule has 48 valence electrons. The van der Waals surface area contributed by atoms with Gasteiger partial charge in [0.05, 0.1) is 0 Å². The summed E-state index contributed by atoms with van der Waals surface area (Å²) in [4.78, 5) is 0. The minimum atomic E-state index is 1.04. The third-order valence-electron chi connectivity index (χ3n) is 1.60. The predicted octanol–water partition coefficient (Wildman–Crippen LogP) is 0.874. The Morgan fingerprint density at radius 3 is 3.10 bits per heavy atom. The molecule has 0 nitrogen and oxygen atoms in total. The Bertz CT molecular complexity index is 221. The summed E-state index contributed by atoms with van der Waals surface area (Å²) in [6.07, 6.45) is 6.09. The first kappa shape index (κ1) is 7.33. The second kappa shape index (κ2) is 3.40. The second-order valence-corrected chi connectivity index (χ2v) is 2.29. The summed E-state index contributed by atoms with van der Waals surface area (Å²) in [5, 5.41) is 0. The van der Waals surface area contributed by atoms with Crippen molar-refractivity contribution in [1.29, 1.82) is 0 Å². The summed E-state index contributed by atoms with van der Waals surface area (Å²) in [5.41, 5.74) is 2.63. The van der Waals surface area contributed by atoms with Crippen molar-refractivity contribution in [3.05, 3.63) is 35.9 Å². The van der Waals surface area contributed by atoms with Crippen molar-refractivity contribution in [2.75, 3.05) is 0 Å². The van der Waals surface area contributed by atoms with Crippen LogP contribution in [0, 0.1) is 0 Å². The monoisotopic (exact) mass is 128 g/mol. The Kier molecular flexibility index (Phi) is 2.49. The first-order valence-corrected chi connectivity index (χ1v) is 3.53. The molecule has 0 fully saturated rings. The molecule has 1 aliphatic rings. The average Bonchev–Trinajstić information content (AvgIpc) is 2.36. The van der Waals surface area contributed by atoms with Crippen LogP contribution in [0.5, 0.6) is 0 Å². The number of rotatable bonds is 2. The summed E-state index contributed by atoms with van der Waals surface area (Å²) in [7, 11) is 1.04. The maximum absolute atomic E-state index is 3.74. The van der Waals surface area contributed by atoms with Crippen LogP contribution in [0.15, 0.2) is 35.9 Å². The van der Waals surface area contributed by atoms with Gasteiger partial charge in [-0.15, -0.1) is 0 Å². The average molecular weight is 128 g/mol. The van der Waals surface area contributed by atoms with E-state index in [9.17, 15) is 0 Å². The molecule has 0 radical (unpaired) electrons. The second-order valence-electron chi connectivity index (χ2n) is 2.29. The van der Waals surface area contributed by atoms with E-state index >= 15 is 0 Å². The van der Waals surface area contributed by atoms with Crippen LogP contribution in [0.1, 0.15) is 6.92 Å². The number of allylic oxidation sites excluding steroid dienone is 5. The number of hydrogen-bond donors (Lipinski definition) is 0. The van der Waals surface area contributed by atoms with E-state index < -0.39 is 0 Å². The molecule has 0 saturated heterocycles. The molecule has 1 aliphatic heterocycles. The molecule has 0 spiro atoms. The fraction of sp³-hybridized carbons (Fsp3) is 0.125. The predicted molar refractivity (Wildman–Crippen MR) is 51.0 cm³/mol. The first-order valence-electron chi connectivity index (χ1n) is 3.53. The third kappa shape index (κ3) is 1.38. The van der Waals surface area contributed by atoms with Crippen molar-refractivity contribution in [3.8, 4) is 0 Å². The van der Waals surface area contributed by atoms with Crippen LogP contribution in [-0.4, -0.2) is 19.9 Å². The van der Waals surface area contributed by atoms with Crippen molar-refractivity contribution in [2.24, 2.45) is 0 Å². The summed E-state index contributed by atoms with van der Waals surface area (Å²) >= 11 is 0. The molecule has 0 aliphatic carbocycles.